The van der Waals surface area contributed by atoms with E-state index in [0.717, 1.165) is 12.1 Å². The van der Waals surface area contributed by atoms with E-state index in [-0.39, 0.29) is 24.7 Å². The van der Waals surface area contributed by atoms with E-state index < -0.39 is 0 Å². The lowest BCUT2D eigenvalue weighted by atomic mass is 9.90. The summed E-state index contributed by atoms with van der Waals surface area (Å²) in [5, 5.41) is 12.8. The molecule has 4 heteroatoms. The van der Waals surface area contributed by atoms with Crippen molar-refractivity contribution in [3.05, 3.63) is 0 Å². The van der Waals surface area contributed by atoms with E-state index in [1.165, 1.54) is 0 Å². The highest BCUT2D eigenvalue weighted by molar-refractivity contribution is 5.89. The van der Waals surface area contributed by atoms with Crippen molar-refractivity contribution in [2.24, 2.45) is 11.1 Å². The highest BCUT2D eigenvalue weighted by atomic mass is 16.7. The van der Waals surface area contributed by atoms with E-state index in [2.05, 4.69) is 5.16 Å². The Morgan fingerprint density at radius 3 is 3.25 bits per heavy atom. The second-order valence-electron chi connectivity index (χ2n) is 3.37. The minimum atomic E-state index is -0.133. The lowest BCUT2D eigenvalue weighted by Gasteiger charge is -2.26. The van der Waals surface area contributed by atoms with Gasteiger partial charge < -0.3 is 14.7 Å². The Morgan fingerprint density at radius 2 is 2.50 bits per heavy atom. The molecule has 2 heterocycles. The number of rotatable bonds is 1. The van der Waals surface area contributed by atoms with Gasteiger partial charge in [0.15, 0.2) is 6.10 Å². The smallest absolute Gasteiger partial charge is 0.158 e. The zero-order valence-electron chi connectivity index (χ0n) is 7.06. The fourth-order valence-corrected chi connectivity index (χ4v) is 1.73. The van der Waals surface area contributed by atoms with Crippen molar-refractivity contribution < 1.29 is 14.7 Å². The average molecular weight is 171 g/mol. The quantitative estimate of drug-likeness (QED) is 0.611. The van der Waals surface area contributed by atoms with Crippen LogP contribution in [0.25, 0.3) is 0 Å². The average Bonchev–Trinajstić information content (AvgIpc) is 2.46. The van der Waals surface area contributed by atoms with Gasteiger partial charge >= 0.3 is 0 Å². The third-order valence-corrected chi connectivity index (χ3v) is 2.46. The summed E-state index contributed by atoms with van der Waals surface area (Å²) in [6.45, 7) is 2.64. The summed E-state index contributed by atoms with van der Waals surface area (Å²) < 4.78 is 5.39. The molecule has 0 aliphatic carbocycles. The Balaban J connectivity index is 2.06. The van der Waals surface area contributed by atoms with Gasteiger partial charge in [0.25, 0.3) is 0 Å². The van der Waals surface area contributed by atoms with E-state index in [1.54, 1.807) is 0 Å². The molecule has 1 fully saturated rings. The van der Waals surface area contributed by atoms with Crippen LogP contribution in [-0.4, -0.2) is 36.2 Å². The minimum absolute atomic E-state index is 0.0460. The van der Waals surface area contributed by atoms with Gasteiger partial charge in [0, 0.05) is 5.92 Å². The van der Waals surface area contributed by atoms with Gasteiger partial charge in [0.1, 0.15) is 0 Å². The van der Waals surface area contributed by atoms with Crippen molar-refractivity contribution in [3.63, 3.8) is 0 Å². The summed E-state index contributed by atoms with van der Waals surface area (Å²) in [5.74, 6) is 0.277. The summed E-state index contributed by atoms with van der Waals surface area (Å²) >= 11 is 0. The molecule has 0 aromatic rings. The maximum Gasteiger partial charge on any atom is 0.158 e. The number of aliphatic hydroxyl groups is 1. The molecule has 0 bridgehead atoms. The standard InChI is InChI=1S/C8H13NO3/c1-5-2-6-7(4-11-5)9-12-8(6)3-10/h5-6,8,10H,2-4H2,1H3/t5-,6+,8-/m0/s1. The molecule has 2 aliphatic heterocycles. The number of nitrogens with zero attached hydrogens (tertiary/aromatic N) is 1. The first-order chi connectivity index (χ1) is 5.81. The number of aliphatic hydroxyl groups excluding tert-OH is 1. The van der Waals surface area contributed by atoms with Crippen LogP contribution in [0.1, 0.15) is 13.3 Å². The molecule has 2 aliphatic rings. The molecule has 0 saturated carbocycles. The number of hydrogen-bond donors (Lipinski definition) is 1. The second-order valence-corrected chi connectivity index (χ2v) is 3.37. The molecule has 68 valence electrons. The molecule has 0 spiro atoms. The molecule has 4 nitrogen and oxygen atoms in total. The third kappa shape index (κ3) is 1.21. The molecule has 0 aromatic carbocycles. The molecular weight excluding hydrogens is 158 g/mol. The first kappa shape index (κ1) is 8.01. The first-order valence-corrected chi connectivity index (χ1v) is 4.26. The van der Waals surface area contributed by atoms with Crippen molar-refractivity contribution in [3.8, 4) is 0 Å². The van der Waals surface area contributed by atoms with E-state index >= 15 is 0 Å². The zero-order chi connectivity index (χ0) is 8.55. The molecule has 0 amide bonds. The predicted octanol–water partition coefficient (Wildman–Crippen LogP) is 0.159. The van der Waals surface area contributed by atoms with Gasteiger partial charge in [-0.15, -0.1) is 0 Å². The van der Waals surface area contributed by atoms with Gasteiger partial charge in [0.2, 0.25) is 0 Å². The molecule has 2 rings (SSSR count). The van der Waals surface area contributed by atoms with E-state index in [0.29, 0.717) is 6.61 Å². The normalized spacial score (nSPS) is 40.2. The van der Waals surface area contributed by atoms with Crippen molar-refractivity contribution in [2.45, 2.75) is 25.6 Å². The second kappa shape index (κ2) is 3.03. The molecule has 0 aromatic heterocycles. The van der Waals surface area contributed by atoms with Crippen LogP contribution in [0.3, 0.4) is 0 Å². The molecule has 12 heavy (non-hydrogen) atoms. The predicted molar refractivity (Wildman–Crippen MR) is 42.9 cm³/mol. The van der Waals surface area contributed by atoms with Crippen LogP contribution in [0.2, 0.25) is 0 Å². The largest absolute Gasteiger partial charge is 0.392 e. The fraction of sp³-hybridized carbons (Fsp3) is 0.875. The Labute approximate surface area is 71.2 Å². The maximum atomic E-state index is 8.95. The number of hydrogen-bond acceptors (Lipinski definition) is 4. The van der Waals surface area contributed by atoms with E-state index in [4.69, 9.17) is 14.7 Å². The Kier molecular flexibility index (Phi) is 2.02. The Hall–Kier alpha value is -0.610. The summed E-state index contributed by atoms with van der Waals surface area (Å²) in [4.78, 5) is 5.06. The van der Waals surface area contributed by atoms with E-state index in [1.807, 2.05) is 6.92 Å². The molecule has 3 atom stereocenters. The van der Waals surface area contributed by atoms with Crippen LogP contribution in [-0.2, 0) is 9.57 Å². The van der Waals surface area contributed by atoms with Gasteiger partial charge in [-0.1, -0.05) is 5.16 Å². The summed E-state index contributed by atoms with van der Waals surface area (Å²) in [6.07, 6.45) is 1.03. The number of ether oxygens (including phenoxy) is 1. The van der Waals surface area contributed by atoms with Crippen LogP contribution < -0.4 is 0 Å². The van der Waals surface area contributed by atoms with Crippen molar-refractivity contribution >= 4 is 5.71 Å². The van der Waals surface area contributed by atoms with Crippen LogP contribution in [0, 0.1) is 5.92 Å². The zero-order valence-corrected chi connectivity index (χ0v) is 7.06. The first-order valence-electron chi connectivity index (χ1n) is 4.26. The lowest BCUT2D eigenvalue weighted by Crippen LogP contribution is -2.37. The SMILES string of the molecule is C[C@H]1C[C@@H]2C(=NO[C@H]2CO)CO1. The van der Waals surface area contributed by atoms with Crippen LogP contribution in [0.5, 0.6) is 0 Å². The Morgan fingerprint density at radius 1 is 1.67 bits per heavy atom. The van der Waals surface area contributed by atoms with Crippen LogP contribution in [0.4, 0.5) is 0 Å². The lowest BCUT2D eigenvalue weighted by molar-refractivity contribution is -0.00329. The van der Waals surface area contributed by atoms with E-state index in [9.17, 15) is 0 Å². The maximum absolute atomic E-state index is 8.95. The van der Waals surface area contributed by atoms with Crippen molar-refractivity contribution in [1.29, 1.82) is 0 Å². The fourth-order valence-electron chi connectivity index (χ4n) is 1.73. The highest BCUT2D eigenvalue weighted by Crippen LogP contribution is 2.27. The van der Waals surface area contributed by atoms with Gasteiger partial charge in [0.05, 0.1) is 25.0 Å². The molecule has 1 N–H and O–H groups in total. The van der Waals surface area contributed by atoms with Crippen LogP contribution >= 0.6 is 0 Å². The number of fused-ring (bicyclic) bond motifs is 1. The monoisotopic (exact) mass is 171 g/mol. The molecule has 1 saturated heterocycles. The van der Waals surface area contributed by atoms with Crippen molar-refractivity contribution in [1.82, 2.24) is 0 Å². The topological polar surface area (TPSA) is 51.0 Å². The highest BCUT2D eigenvalue weighted by Gasteiger charge is 2.37. The summed E-state index contributed by atoms with van der Waals surface area (Å²) in [6, 6.07) is 0. The number of oxime groups is 1. The Bertz CT molecular complexity index is 204. The van der Waals surface area contributed by atoms with Gasteiger partial charge in [-0.25, -0.2) is 0 Å². The van der Waals surface area contributed by atoms with Crippen molar-refractivity contribution in [2.75, 3.05) is 13.2 Å². The molecule has 0 radical (unpaired) electrons. The minimum Gasteiger partial charge on any atom is -0.392 e. The van der Waals surface area contributed by atoms with Crippen LogP contribution in [0.15, 0.2) is 5.16 Å². The third-order valence-electron chi connectivity index (χ3n) is 2.46. The summed E-state index contributed by atoms with van der Waals surface area (Å²) in [5.41, 5.74) is 0.951. The van der Waals surface area contributed by atoms with Gasteiger partial charge in [-0.05, 0) is 13.3 Å². The molecular formula is C8H13NO3. The van der Waals surface area contributed by atoms with Gasteiger partial charge in [-0.2, -0.15) is 0 Å². The van der Waals surface area contributed by atoms with Gasteiger partial charge in [-0.3, -0.25) is 0 Å². The molecule has 0 unspecified atom stereocenters. The summed E-state index contributed by atoms with van der Waals surface area (Å²) in [7, 11) is 0.